The highest BCUT2D eigenvalue weighted by molar-refractivity contribution is 5.78. The van der Waals surface area contributed by atoms with E-state index in [1.807, 2.05) is 0 Å². The Hall–Kier alpha value is -0.980. The lowest BCUT2D eigenvalue weighted by atomic mass is 9.86. The summed E-state index contributed by atoms with van der Waals surface area (Å²) in [7, 11) is 0. The zero-order valence-electron chi connectivity index (χ0n) is 10.9. The number of likely N-dealkylation sites (tertiary alicyclic amines) is 1. The van der Waals surface area contributed by atoms with E-state index in [0.717, 1.165) is 6.54 Å². The normalized spacial score (nSPS) is 26.5. The molecule has 2 fully saturated rings. The van der Waals surface area contributed by atoms with Gasteiger partial charge in [-0.05, 0) is 25.2 Å². The molecule has 110 valence electrons. The minimum Gasteiger partial charge on any atom is -0.370 e. The fourth-order valence-corrected chi connectivity index (χ4v) is 2.51. The molecule has 0 bridgehead atoms. The van der Waals surface area contributed by atoms with Crippen LogP contribution in [0.3, 0.4) is 0 Å². The van der Waals surface area contributed by atoms with E-state index in [9.17, 15) is 13.2 Å². The van der Waals surface area contributed by atoms with Crippen LogP contribution in [-0.2, 0) is 0 Å². The topological polar surface area (TPSA) is 53.6 Å². The van der Waals surface area contributed by atoms with Gasteiger partial charge >= 0.3 is 6.18 Å². The van der Waals surface area contributed by atoms with Gasteiger partial charge < -0.3 is 11.1 Å². The smallest absolute Gasteiger partial charge is 0.370 e. The zero-order chi connectivity index (χ0) is 13.9. The zero-order valence-corrected chi connectivity index (χ0v) is 10.9. The van der Waals surface area contributed by atoms with E-state index in [1.165, 1.54) is 24.2 Å². The Balaban J connectivity index is 1.68. The first-order valence-electron chi connectivity index (χ1n) is 6.78. The summed E-state index contributed by atoms with van der Waals surface area (Å²) in [4.78, 5) is 5.65. The summed E-state index contributed by atoms with van der Waals surface area (Å²) in [5, 5.41) is 3.02. The Morgan fingerprint density at radius 3 is 2.63 bits per heavy atom. The van der Waals surface area contributed by atoms with Crippen LogP contribution in [-0.4, -0.2) is 49.3 Å². The number of hydrogen-bond donors (Lipinski definition) is 2. The average Bonchev–Trinajstić information content (AvgIpc) is 2.60. The predicted octanol–water partition coefficient (Wildman–Crippen LogP) is 1.33. The van der Waals surface area contributed by atoms with Crippen molar-refractivity contribution in [1.29, 1.82) is 0 Å². The van der Waals surface area contributed by atoms with E-state index >= 15 is 0 Å². The molecule has 0 radical (unpaired) electrons. The molecule has 1 heterocycles. The van der Waals surface area contributed by atoms with Gasteiger partial charge in [-0.2, -0.15) is 13.2 Å². The lowest BCUT2D eigenvalue weighted by Crippen LogP contribution is -2.43. The number of halogens is 3. The first-order chi connectivity index (χ1) is 8.92. The molecule has 7 heteroatoms. The molecule has 1 unspecified atom stereocenters. The Bertz CT molecular complexity index is 325. The third kappa shape index (κ3) is 4.89. The van der Waals surface area contributed by atoms with Crippen LogP contribution in [0.15, 0.2) is 4.99 Å². The Morgan fingerprint density at radius 2 is 2.05 bits per heavy atom. The summed E-state index contributed by atoms with van der Waals surface area (Å²) >= 11 is 0. The second kappa shape index (κ2) is 5.98. The van der Waals surface area contributed by atoms with Gasteiger partial charge in [0.2, 0.25) is 0 Å². The molecule has 4 nitrogen and oxygen atoms in total. The van der Waals surface area contributed by atoms with E-state index in [0.29, 0.717) is 31.4 Å². The van der Waals surface area contributed by atoms with Crippen molar-refractivity contribution in [3.8, 4) is 0 Å². The number of hydrogen-bond acceptors (Lipinski definition) is 2. The van der Waals surface area contributed by atoms with Crippen LogP contribution in [0, 0.1) is 5.92 Å². The maximum Gasteiger partial charge on any atom is 0.401 e. The van der Waals surface area contributed by atoms with E-state index in [-0.39, 0.29) is 6.04 Å². The van der Waals surface area contributed by atoms with Crippen LogP contribution >= 0.6 is 0 Å². The van der Waals surface area contributed by atoms with E-state index in [4.69, 9.17) is 5.73 Å². The van der Waals surface area contributed by atoms with Crippen molar-refractivity contribution < 1.29 is 13.2 Å². The molecule has 19 heavy (non-hydrogen) atoms. The molecule has 0 aromatic carbocycles. The van der Waals surface area contributed by atoms with Crippen LogP contribution in [0.2, 0.25) is 0 Å². The lowest BCUT2D eigenvalue weighted by Gasteiger charge is -2.23. The number of aliphatic imine (C=N–C) groups is 1. The van der Waals surface area contributed by atoms with Crippen molar-refractivity contribution in [3.63, 3.8) is 0 Å². The van der Waals surface area contributed by atoms with Gasteiger partial charge in [-0.1, -0.05) is 6.42 Å². The van der Waals surface area contributed by atoms with Crippen LogP contribution in [0.4, 0.5) is 13.2 Å². The van der Waals surface area contributed by atoms with E-state index < -0.39 is 12.7 Å². The minimum absolute atomic E-state index is 0.0208. The molecule has 1 aliphatic carbocycles. The lowest BCUT2D eigenvalue weighted by molar-refractivity contribution is -0.143. The molecule has 3 N–H and O–H groups in total. The van der Waals surface area contributed by atoms with Crippen molar-refractivity contribution in [2.45, 2.75) is 37.9 Å². The number of guanidine groups is 1. The minimum atomic E-state index is -4.13. The van der Waals surface area contributed by atoms with Gasteiger partial charge in [-0.15, -0.1) is 0 Å². The summed E-state index contributed by atoms with van der Waals surface area (Å²) in [5.41, 5.74) is 5.75. The third-order valence-electron chi connectivity index (χ3n) is 3.77. The highest BCUT2D eigenvalue weighted by atomic mass is 19.4. The van der Waals surface area contributed by atoms with Crippen molar-refractivity contribution in [3.05, 3.63) is 0 Å². The standard InChI is InChI=1S/C12H21F3N4/c13-12(14,15)8-19-5-4-10(7-19)18-11(16)17-6-9-2-1-3-9/h9-10H,1-8H2,(H3,16,17,18). The van der Waals surface area contributed by atoms with Crippen LogP contribution in [0.25, 0.3) is 0 Å². The molecule has 1 atom stereocenters. The van der Waals surface area contributed by atoms with Crippen LogP contribution < -0.4 is 11.1 Å². The first kappa shape index (κ1) is 14.4. The van der Waals surface area contributed by atoms with E-state index in [1.54, 1.807) is 0 Å². The van der Waals surface area contributed by atoms with Gasteiger partial charge in [-0.3, -0.25) is 9.89 Å². The molecule has 0 aromatic heterocycles. The van der Waals surface area contributed by atoms with Crippen molar-refractivity contribution >= 4 is 5.96 Å². The van der Waals surface area contributed by atoms with Crippen LogP contribution in [0.1, 0.15) is 25.7 Å². The van der Waals surface area contributed by atoms with Crippen molar-refractivity contribution in [1.82, 2.24) is 10.2 Å². The molecular weight excluding hydrogens is 257 g/mol. The van der Waals surface area contributed by atoms with Gasteiger partial charge in [0.1, 0.15) is 0 Å². The van der Waals surface area contributed by atoms with Crippen LogP contribution in [0.5, 0.6) is 0 Å². The predicted molar refractivity (Wildman–Crippen MR) is 67.9 cm³/mol. The van der Waals surface area contributed by atoms with Gasteiger partial charge in [0.05, 0.1) is 6.54 Å². The molecule has 1 saturated heterocycles. The Kier molecular flexibility index (Phi) is 4.54. The number of nitrogens with two attached hydrogens (primary N) is 1. The molecule has 0 spiro atoms. The molecule has 1 aliphatic heterocycles. The molecule has 0 amide bonds. The maximum atomic E-state index is 12.2. The summed E-state index contributed by atoms with van der Waals surface area (Å²) in [6.45, 7) is 0.717. The molecule has 2 rings (SSSR count). The number of nitrogens with one attached hydrogen (secondary N) is 1. The third-order valence-corrected chi connectivity index (χ3v) is 3.77. The van der Waals surface area contributed by atoms with Gasteiger partial charge in [0, 0.05) is 25.7 Å². The van der Waals surface area contributed by atoms with E-state index in [2.05, 4.69) is 10.3 Å². The fraction of sp³-hybridized carbons (Fsp3) is 0.917. The quantitative estimate of drug-likeness (QED) is 0.602. The Morgan fingerprint density at radius 1 is 1.32 bits per heavy atom. The fourth-order valence-electron chi connectivity index (χ4n) is 2.51. The molecular formula is C12H21F3N4. The molecule has 0 aromatic rings. The molecule has 1 saturated carbocycles. The highest BCUT2D eigenvalue weighted by Crippen LogP contribution is 2.26. The number of alkyl halides is 3. The second-order valence-electron chi connectivity index (χ2n) is 5.50. The Labute approximate surface area is 111 Å². The van der Waals surface area contributed by atoms with Gasteiger partial charge in [0.15, 0.2) is 5.96 Å². The number of nitrogens with zero attached hydrogens (tertiary/aromatic N) is 2. The SMILES string of the molecule is NC(=NCC1CCC1)NC1CCN(CC(F)(F)F)C1. The highest BCUT2D eigenvalue weighted by Gasteiger charge is 2.34. The second-order valence-corrected chi connectivity index (χ2v) is 5.50. The largest absolute Gasteiger partial charge is 0.401 e. The summed E-state index contributed by atoms with van der Waals surface area (Å²) in [6.07, 6.45) is 0.232. The summed E-state index contributed by atoms with van der Waals surface area (Å²) < 4.78 is 36.7. The maximum absolute atomic E-state index is 12.2. The summed E-state index contributed by atoms with van der Waals surface area (Å²) in [6, 6.07) is -0.0208. The van der Waals surface area contributed by atoms with Gasteiger partial charge in [0.25, 0.3) is 0 Å². The summed E-state index contributed by atoms with van der Waals surface area (Å²) in [5.74, 6) is 1.01. The first-order valence-corrected chi connectivity index (χ1v) is 6.78. The van der Waals surface area contributed by atoms with Crippen molar-refractivity contribution in [2.75, 3.05) is 26.2 Å². The average molecular weight is 278 g/mol. The molecule has 2 aliphatic rings. The number of rotatable bonds is 4. The van der Waals surface area contributed by atoms with Gasteiger partial charge in [-0.25, -0.2) is 0 Å². The monoisotopic (exact) mass is 278 g/mol. The van der Waals surface area contributed by atoms with Crippen molar-refractivity contribution in [2.24, 2.45) is 16.6 Å².